The molecule has 0 aliphatic heterocycles. The molecule has 0 saturated heterocycles. The summed E-state index contributed by atoms with van der Waals surface area (Å²) in [7, 11) is 0. The molecule has 1 heterocycles. The van der Waals surface area contributed by atoms with Crippen LogP contribution in [-0.2, 0) is 6.42 Å². The third kappa shape index (κ3) is 4.53. The number of benzene rings is 4. The average molecular weight is 519 g/mol. The highest BCUT2D eigenvalue weighted by atomic mass is 15.2. The number of nitrogens with zero attached hydrogens (tertiary/aromatic N) is 2. The van der Waals surface area contributed by atoms with Crippen molar-refractivity contribution in [3.05, 3.63) is 148 Å². The van der Waals surface area contributed by atoms with E-state index in [-0.39, 0.29) is 0 Å². The Bertz CT molecular complexity index is 1830. The lowest BCUT2D eigenvalue weighted by Crippen LogP contribution is -2.26. The Kier molecular flexibility index (Phi) is 7.10. The summed E-state index contributed by atoms with van der Waals surface area (Å²) in [5.74, 6) is 0. The fourth-order valence-electron chi connectivity index (χ4n) is 5.71. The predicted octanol–water partition coefficient (Wildman–Crippen LogP) is 8.33. The zero-order valence-corrected chi connectivity index (χ0v) is 23.4. The smallest absolute Gasteiger partial charge is 0.0989 e. The quantitative estimate of drug-likeness (QED) is 0.227. The Balaban J connectivity index is 0.00000142. The first kappa shape index (κ1) is 25.5. The minimum atomic E-state index is 1.05. The van der Waals surface area contributed by atoms with Crippen molar-refractivity contribution in [3.63, 3.8) is 0 Å². The molecule has 0 atom stereocenters. The topological polar surface area (TPSA) is 8.17 Å². The summed E-state index contributed by atoms with van der Waals surface area (Å²) in [5.41, 5.74) is 14.8. The normalized spacial score (nSPS) is 12.7. The Morgan fingerprint density at radius 3 is 2.10 bits per heavy atom. The molecule has 0 fully saturated rings. The molecular formula is C38H34N2. The number of aromatic nitrogens is 1. The van der Waals surface area contributed by atoms with Gasteiger partial charge in [0.1, 0.15) is 0 Å². The van der Waals surface area contributed by atoms with Crippen LogP contribution in [-0.4, -0.2) is 4.57 Å². The summed E-state index contributed by atoms with van der Waals surface area (Å²) in [6, 6.07) is 38.7. The number of hydrogen-bond acceptors (Lipinski definition) is 1. The van der Waals surface area contributed by atoms with E-state index >= 15 is 0 Å². The highest BCUT2D eigenvalue weighted by Gasteiger charge is 2.22. The summed E-state index contributed by atoms with van der Waals surface area (Å²) in [5, 5.41) is 2.43. The number of para-hydroxylation sites is 2. The standard InChI is InChI=1S/C36H28N2.C2H6/c1-26-12-8-10-18-34(26)37(29-15-6-3-7-16-29)31-24-33-32-17-9-11-19-35(32)38(36(33)25-31)30-22-20-28(21-23-30)27-13-4-2-5-14-27;1-2/h2-8,10-16,18-24H,9,17H2,1H3;1-2H3. The molecule has 5 aromatic rings. The van der Waals surface area contributed by atoms with Gasteiger partial charge in [0.2, 0.25) is 0 Å². The average Bonchev–Trinajstić information content (AvgIpc) is 3.58. The van der Waals surface area contributed by atoms with Gasteiger partial charge in [-0.1, -0.05) is 105 Å². The van der Waals surface area contributed by atoms with Gasteiger partial charge in [0.25, 0.3) is 0 Å². The molecule has 0 unspecified atom stereocenters. The van der Waals surface area contributed by atoms with Crippen LogP contribution in [0.1, 0.15) is 37.1 Å². The number of rotatable bonds is 5. The van der Waals surface area contributed by atoms with E-state index in [0.29, 0.717) is 0 Å². The highest BCUT2D eigenvalue weighted by Crippen LogP contribution is 2.33. The fraction of sp³-hybridized carbons (Fsp3) is 0.132. The van der Waals surface area contributed by atoms with E-state index in [1.54, 1.807) is 0 Å². The lowest BCUT2D eigenvalue weighted by Gasteiger charge is -2.26. The van der Waals surface area contributed by atoms with E-state index in [2.05, 4.69) is 150 Å². The van der Waals surface area contributed by atoms with E-state index in [0.717, 1.165) is 35.3 Å². The molecule has 0 bridgehead atoms. The van der Waals surface area contributed by atoms with Gasteiger partial charge in [-0.3, -0.25) is 0 Å². The maximum atomic E-state index is 3.85. The van der Waals surface area contributed by atoms with E-state index in [4.69, 9.17) is 0 Å². The van der Waals surface area contributed by atoms with Crippen LogP contribution >= 0.6 is 0 Å². The van der Waals surface area contributed by atoms with Crippen LogP contribution in [0.2, 0.25) is 0 Å². The Morgan fingerprint density at radius 1 is 0.725 bits per heavy atom. The number of allylic oxidation sites excluding steroid dienone is 2. The van der Waals surface area contributed by atoms with Crippen molar-refractivity contribution in [2.24, 2.45) is 0 Å². The zero-order chi connectivity index (χ0) is 27.5. The Labute approximate surface area is 237 Å². The van der Waals surface area contributed by atoms with Crippen LogP contribution in [0.3, 0.4) is 0 Å². The molecule has 0 N–H and O–H groups in total. The molecule has 1 aromatic heterocycles. The molecule has 0 amide bonds. The van der Waals surface area contributed by atoms with Crippen LogP contribution < -0.4 is 15.5 Å². The van der Waals surface area contributed by atoms with E-state index < -0.39 is 0 Å². The SMILES string of the molecule is CC.Cc1ccccc1N(C1=C=c2c(c3c(n2-c2ccc(-c4ccccc4)cc2)C=CCC3)=C1)c1ccccc1. The van der Waals surface area contributed by atoms with Gasteiger partial charge >= 0.3 is 0 Å². The summed E-state index contributed by atoms with van der Waals surface area (Å²) in [6.07, 6.45) is 9.03. The molecule has 2 aliphatic carbocycles. The predicted molar refractivity (Wildman–Crippen MR) is 170 cm³/mol. The van der Waals surface area contributed by atoms with Gasteiger partial charge in [-0.2, -0.15) is 0 Å². The van der Waals surface area contributed by atoms with Gasteiger partial charge in [-0.15, -0.1) is 0 Å². The molecule has 2 aliphatic rings. The van der Waals surface area contributed by atoms with Crippen LogP contribution in [0.4, 0.5) is 11.4 Å². The Morgan fingerprint density at radius 2 is 1.38 bits per heavy atom. The minimum absolute atomic E-state index is 1.05. The van der Waals surface area contributed by atoms with Crippen molar-refractivity contribution in [2.45, 2.75) is 33.6 Å². The number of hydrogen-bond donors (Lipinski definition) is 0. The van der Waals surface area contributed by atoms with E-state index in [1.165, 1.54) is 38.9 Å². The van der Waals surface area contributed by atoms with Gasteiger partial charge in [0, 0.05) is 22.3 Å². The number of anilines is 2. The monoisotopic (exact) mass is 518 g/mol. The second-order valence-corrected chi connectivity index (χ2v) is 9.93. The lowest BCUT2D eigenvalue weighted by molar-refractivity contribution is 0.949. The maximum Gasteiger partial charge on any atom is 0.0989 e. The first-order valence-electron chi connectivity index (χ1n) is 14.3. The summed E-state index contributed by atoms with van der Waals surface area (Å²) < 4.78 is 2.39. The third-order valence-electron chi connectivity index (χ3n) is 7.56. The number of aryl methyl sites for hydroxylation is 1. The fourth-order valence-corrected chi connectivity index (χ4v) is 5.71. The van der Waals surface area contributed by atoms with Crippen LogP contribution in [0.25, 0.3) is 34.7 Å². The molecule has 2 heteroatoms. The van der Waals surface area contributed by atoms with Crippen molar-refractivity contribution in [1.82, 2.24) is 4.57 Å². The van der Waals surface area contributed by atoms with Gasteiger partial charge < -0.3 is 9.47 Å². The van der Waals surface area contributed by atoms with Crippen molar-refractivity contribution >= 4 is 29.3 Å². The molecule has 40 heavy (non-hydrogen) atoms. The molecule has 196 valence electrons. The first-order valence-corrected chi connectivity index (χ1v) is 14.3. The summed E-state index contributed by atoms with van der Waals surface area (Å²) in [6.45, 7) is 6.18. The summed E-state index contributed by atoms with van der Waals surface area (Å²) >= 11 is 0. The van der Waals surface area contributed by atoms with Crippen LogP contribution in [0.5, 0.6) is 0 Å². The van der Waals surface area contributed by atoms with Gasteiger partial charge in [0.05, 0.1) is 16.7 Å². The van der Waals surface area contributed by atoms with E-state index in [9.17, 15) is 0 Å². The molecule has 0 spiro atoms. The minimum Gasteiger partial charge on any atom is -0.303 e. The Hall–Kier alpha value is -4.78. The highest BCUT2D eigenvalue weighted by molar-refractivity contribution is 5.81. The number of fused-ring (bicyclic) bond motifs is 3. The molecule has 0 saturated carbocycles. The second-order valence-electron chi connectivity index (χ2n) is 9.93. The van der Waals surface area contributed by atoms with Crippen molar-refractivity contribution < 1.29 is 0 Å². The first-order chi connectivity index (χ1) is 19.8. The lowest BCUT2D eigenvalue weighted by atomic mass is 10.0. The van der Waals surface area contributed by atoms with Gasteiger partial charge in [-0.25, -0.2) is 0 Å². The van der Waals surface area contributed by atoms with Crippen molar-refractivity contribution in [2.75, 3.05) is 4.90 Å². The van der Waals surface area contributed by atoms with E-state index in [1.807, 2.05) is 13.8 Å². The molecular weight excluding hydrogens is 484 g/mol. The zero-order valence-electron chi connectivity index (χ0n) is 23.4. The van der Waals surface area contributed by atoms with Crippen molar-refractivity contribution in [3.8, 4) is 16.8 Å². The van der Waals surface area contributed by atoms with Gasteiger partial charge in [-0.05, 0) is 84.5 Å². The molecule has 2 nitrogen and oxygen atoms in total. The third-order valence-corrected chi connectivity index (χ3v) is 7.56. The van der Waals surface area contributed by atoms with Gasteiger partial charge in [0.15, 0.2) is 0 Å². The molecule has 7 rings (SSSR count). The van der Waals surface area contributed by atoms with Crippen LogP contribution in [0, 0.1) is 6.92 Å². The largest absolute Gasteiger partial charge is 0.303 e. The second kappa shape index (κ2) is 11.1. The summed E-state index contributed by atoms with van der Waals surface area (Å²) in [4.78, 5) is 2.34. The van der Waals surface area contributed by atoms with Crippen LogP contribution in [0.15, 0.2) is 121 Å². The maximum absolute atomic E-state index is 3.85. The van der Waals surface area contributed by atoms with Crippen molar-refractivity contribution in [1.29, 1.82) is 0 Å². The molecule has 4 aromatic carbocycles. The molecule has 0 radical (unpaired) electrons.